The molecule has 0 aliphatic heterocycles. The maximum absolute atomic E-state index is 11.2. The van der Waals surface area contributed by atoms with Crippen LogP contribution in [0.3, 0.4) is 0 Å². The lowest BCUT2D eigenvalue weighted by molar-refractivity contribution is 0.223. The number of hydrazine groups is 1. The van der Waals surface area contributed by atoms with E-state index in [0.29, 0.717) is 0 Å². The van der Waals surface area contributed by atoms with Gasteiger partial charge in [-0.3, -0.25) is 5.01 Å². The molecule has 0 heterocycles. The Kier molecular flexibility index (Phi) is 4.14. The summed E-state index contributed by atoms with van der Waals surface area (Å²) in [6, 6.07) is 5.18. The first kappa shape index (κ1) is 11.7. The molecule has 0 saturated carbocycles. The Hall–Kier alpha value is -0.340. The van der Waals surface area contributed by atoms with Gasteiger partial charge in [-0.05, 0) is 56.7 Å². The molecule has 76 valence electrons. The molecule has 3 N–H and O–H groups in total. The first-order chi connectivity index (χ1) is 6.50. The van der Waals surface area contributed by atoms with Crippen molar-refractivity contribution in [2.75, 3.05) is 12.4 Å². The lowest BCUT2D eigenvalue weighted by Gasteiger charge is -2.11. The summed E-state index contributed by atoms with van der Waals surface area (Å²) in [5.74, 6) is 5.26. The zero-order valence-corrected chi connectivity index (χ0v) is 11.2. The second-order valence-electron chi connectivity index (χ2n) is 2.67. The topological polar surface area (TPSA) is 58.4 Å². The SMILES string of the molecule is CN(N)C(=O)Nc1ccc(Br)c(I)c1. The molecule has 1 aromatic rings. The van der Waals surface area contributed by atoms with Crippen molar-refractivity contribution in [3.05, 3.63) is 26.2 Å². The standard InChI is InChI=1S/C8H9BrIN3O/c1-13(11)8(14)12-5-2-3-6(9)7(10)4-5/h2-4H,11H2,1H3,(H,12,14). The predicted molar refractivity (Wildman–Crippen MR) is 67.8 cm³/mol. The fourth-order valence-electron chi connectivity index (χ4n) is 0.786. The summed E-state index contributed by atoms with van der Waals surface area (Å²) in [5, 5.41) is 3.64. The number of hydrogen-bond donors (Lipinski definition) is 2. The van der Waals surface area contributed by atoms with Gasteiger partial charge in [0, 0.05) is 20.8 Å². The van der Waals surface area contributed by atoms with E-state index in [1.54, 1.807) is 6.07 Å². The minimum absolute atomic E-state index is 0.344. The number of nitrogens with one attached hydrogen (secondary N) is 1. The number of hydrogen-bond acceptors (Lipinski definition) is 2. The molecule has 0 aliphatic carbocycles. The number of urea groups is 1. The van der Waals surface area contributed by atoms with Gasteiger partial charge in [0.15, 0.2) is 0 Å². The Labute approximate surface area is 104 Å². The van der Waals surface area contributed by atoms with Crippen LogP contribution in [-0.4, -0.2) is 18.1 Å². The number of amides is 2. The number of nitrogens with two attached hydrogens (primary N) is 1. The van der Waals surface area contributed by atoms with E-state index >= 15 is 0 Å². The lowest BCUT2D eigenvalue weighted by Crippen LogP contribution is -2.36. The molecule has 4 nitrogen and oxygen atoms in total. The normalized spacial score (nSPS) is 9.71. The van der Waals surface area contributed by atoms with Crippen molar-refractivity contribution in [3.8, 4) is 0 Å². The van der Waals surface area contributed by atoms with Crippen molar-refractivity contribution in [1.82, 2.24) is 5.01 Å². The summed E-state index contributed by atoms with van der Waals surface area (Å²) >= 11 is 5.54. The first-order valence-electron chi connectivity index (χ1n) is 3.75. The minimum atomic E-state index is -0.344. The van der Waals surface area contributed by atoms with Crippen LogP contribution in [-0.2, 0) is 0 Å². The van der Waals surface area contributed by atoms with Crippen molar-refractivity contribution in [3.63, 3.8) is 0 Å². The zero-order valence-electron chi connectivity index (χ0n) is 7.42. The number of benzene rings is 1. The molecular formula is C8H9BrIN3O. The van der Waals surface area contributed by atoms with Gasteiger partial charge in [0.25, 0.3) is 0 Å². The number of halogens is 2. The van der Waals surface area contributed by atoms with Crippen LogP contribution in [0.4, 0.5) is 10.5 Å². The van der Waals surface area contributed by atoms with Crippen LogP contribution < -0.4 is 11.2 Å². The summed E-state index contributed by atoms with van der Waals surface area (Å²) < 4.78 is 2.03. The quantitative estimate of drug-likeness (QED) is 0.345. The molecular weight excluding hydrogens is 361 g/mol. The molecule has 6 heteroatoms. The molecule has 0 fully saturated rings. The van der Waals surface area contributed by atoms with E-state index < -0.39 is 0 Å². The number of anilines is 1. The maximum Gasteiger partial charge on any atom is 0.335 e. The number of rotatable bonds is 1. The Morgan fingerprint density at radius 3 is 2.79 bits per heavy atom. The Morgan fingerprint density at radius 1 is 1.64 bits per heavy atom. The average Bonchev–Trinajstić information content (AvgIpc) is 2.11. The van der Waals surface area contributed by atoms with Crippen LogP contribution in [0.15, 0.2) is 22.7 Å². The third-order valence-electron chi connectivity index (χ3n) is 1.49. The van der Waals surface area contributed by atoms with Gasteiger partial charge < -0.3 is 5.32 Å². The largest absolute Gasteiger partial charge is 0.335 e. The molecule has 0 aromatic heterocycles. The summed E-state index contributed by atoms with van der Waals surface area (Å²) in [7, 11) is 1.49. The molecule has 2 amide bonds. The second-order valence-corrected chi connectivity index (χ2v) is 4.69. The van der Waals surface area contributed by atoms with Gasteiger partial charge in [0.05, 0.1) is 0 Å². The van der Waals surface area contributed by atoms with Crippen molar-refractivity contribution >= 4 is 50.2 Å². The zero-order chi connectivity index (χ0) is 10.7. The van der Waals surface area contributed by atoms with E-state index in [2.05, 4.69) is 43.8 Å². The van der Waals surface area contributed by atoms with E-state index in [9.17, 15) is 4.79 Å². The highest BCUT2D eigenvalue weighted by Gasteiger charge is 2.05. The van der Waals surface area contributed by atoms with Crippen molar-refractivity contribution in [1.29, 1.82) is 0 Å². The smallest absolute Gasteiger partial charge is 0.307 e. The lowest BCUT2D eigenvalue weighted by atomic mass is 10.3. The van der Waals surface area contributed by atoms with Gasteiger partial charge >= 0.3 is 6.03 Å². The minimum Gasteiger partial charge on any atom is -0.307 e. The average molecular weight is 370 g/mol. The van der Waals surface area contributed by atoms with E-state index in [-0.39, 0.29) is 6.03 Å². The molecule has 0 spiro atoms. The van der Waals surface area contributed by atoms with E-state index in [0.717, 1.165) is 18.7 Å². The molecule has 0 aliphatic rings. The van der Waals surface area contributed by atoms with Gasteiger partial charge in [-0.1, -0.05) is 0 Å². The summed E-state index contributed by atoms with van der Waals surface area (Å²) in [5.41, 5.74) is 0.722. The van der Waals surface area contributed by atoms with Gasteiger partial charge in [-0.25, -0.2) is 10.6 Å². The van der Waals surface area contributed by atoms with E-state index in [4.69, 9.17) is 5.84 Å². The van der Waals surface area contributed by atoms with Crippen molar-refractivity contribution < 1.29 is 4.79 Å². The van der Waals surface area contributed by atoms with Crippen molar-refractivity contribution in [2.45, 2.75) is 0 Å². The monoisotopic (exact) mass is 369 g/mol. The summed E-state index contributed by atoms with van der Waals surface area (Å²) in [6.07, 6.45) is 0. The van der Waals surface area contributed by atoms with Gasteiger partial charge in [-0.2, -0.15) is 0 Å². The Balaban J connectivity index is 2.78. The van der Waals surface area contributed by atoms with Gasteiger partial charge in [0.1, 0.15) is 0 Å². The van der Waals surface area contributed by atoms with Crippen LogP contribution in [0.1, 0.15) is 0 Å². The maximum atomic E-state index is 11.2. The van der Waals surface area contributed by atoms with Crippen LogP contribution >= 0.6 is 38.5 Å². The molecule has 0 bridgehead atoms. The number of carbonyl (C=O) groups is 1. The van der Waals surface area contributed by atoms with Crippen LogP contribution in [0.2, 0.25) is 0 Å². The molecule has 0 unspecified atom stereocenters. The number of nitrogens with zero attached hydrogens (tertiary/aromatic N) is 1. The highest BCUT2D eigenvalue weighted by atomic mass is 127. The third kappa shape index (κ3) is 3.10. The van der Waals surface area contributed by atoms with Crippen LogP contribution in [0.5, 0.6) is 0 Å². The van der Waals surface area contributed by atoms with E-state index in [1.165, 1.54) is 7.05 Å². The van der Waals surface area contributed by atoms with E-state index in [1.807, 2.05) is 12.1 Å². The third-order valence-corrected chi connectivity index (χ3v) is 3.82. The molecule has 0 radical (unpaired) electrons. The highest BCUT2D eigenvalue weighted by molar-refractivity contribution is 14.1. The second kappa shape index (κ2) is 4.94. The molecule has 0 saturated heterocycles. The molecule has 14 heavy (non-hydrogen) atoms. The molecule has 1 aromatic carbocycles. The predicted octanol–water partition coefficient (Wildman–Crippen LogP) is 2.39. The Bertz CT molecular complexity index is 356. The Morgan fingerprint density at radius 2 is 2.29 bits per heavy atom. The molecule has 0 atom stereocenters. The fourth-order valence-corrected chi connectivity index (χ4v) is 1.55. The molecule has 1 rings (SSSR count). The first-order valence-corrected chi connectivity index (χ1v) is 5.62. The van der Waals surface area contributed by atoms with Crippen LogP contribution in [0.25, 0.3) is 0 Å². The van der Waals surface area contributed by atoms with Crippen LogP contribution in [0, 0.1) is 3.57 Å². The van der Waals surface area contributed by atoms with Gasteiger partial charge in [-0.15, -0.1) is 0 Å². The summed E-state index contributed by atoms with van der Waals surface area (Å²) in [4.78, 5) is 11.2. The summed E-state index contributed by atoms with van der Waals surface area (Å²) in [6.45, 7) is 0. The fraction of sp³-hybridized carbons (Fsp3) is 0.125. The highest BCUT2D eigenvalue weighted by Crippen LogP contribution is 2.22. The van der Waals surface area contributed by atoms with Gasteiger partial charge in [0.2, 0.25) is 0 Å². The van der Waals surface area contributed by atoms with Crippen molar-refractivity contribution in [2.24, 2.45) is 5.84 Å². The number of carbonyl (C=O) groups excluding carboxylic acids is 1.